The van der Waals surface area contributed by atoms with Gasteiger partial charge in [-0.15, -0.1) is 0 Å². The molecule has 0 spiro atoms. The summed E-state index contributed by atoms with van der Waals surface area (Å²) in [6.45, 7) is 2.20. The Morgan fingerprint density at radius 3 is 2.59 bits per heavy atom. The summed E-state index contributed by atoms with van der Waals surface area (Å²) in [7, 11) is 0. The van der Waals surface area contributed by atoms with Crippen LogP contribution in [-0.2, 0) is 0 Å². The molecule has 2 atom stereocenters. The highest BCUT2D eigenvalue weighted by Gasteiger charge is 2.38. The molecule has 1 saturated carbocycles. The zero-order chi connectivity index (χ0) is 11.8. The molecule has 4 heteroatoms. The highest BCUT2D eigenvalue weighted by molar-refractivity contribution is 6.32. The Kier molecular flexibility index (Phi) is 2.97. The van der Waals surface area contributed by atoms with E-state index in [1.807, 2.05) is 0 Å². The minimum absolute atomic E-state index is 0.232. The number of fused-ring (bicyclic) bond motifs is 1. The normalized spacial score (nSPS) is 31.5. The van der Waals surface area contributed by atoms with Crippen molar-refractivity contribution >= 4 is 11.6 Å². The average Bonchev–Trinajstić information content (AvgIpc) is 2.82. The summed E-state index contributed by atoms with van der Waals surface area (Å²) in [6, 6.07) is 4.30. The van der Waals surface area contributed by atoms with E-state index in [1.165, 1.54) is 12.1 Å². The van der Waals surface area contributed by atoms with Gasteiger partial charge in [-0.1, -0.05) is 11.6 Å². The summed E-state index contributed by atoms with van der Waals surface area (Å²) in [5.74, 6) is 1.75. The number of rotatable bonds is 2. The Bertz CT molecular complexity index is 414. The molecule has 1 aliphatic heterocycles. The smallest absolute Gasteiger partial charge is 0.138 e. The number of hydrogen-bond donors (Lipinski definition) is 1. The zero-order valence-corrected chi connectivity index (χ0v) is 10.2. The second kappa shape index (κ2) is 4.46. The van der Waals surface area contributed by atoms with Crippen LogP contribution in [0.5, 0.6) is 5.75 Å². The van der Waals surface area contributed by atoms with Gasteiger partial charge in [0.2, 0.25) is 0 Å². The van der Waals surface area contributed by atoms with Gasteiger partial charge in [-0.3, -0.25) is 0 Å². The quantitative estimate of drug-likeness (QED) is 0.878. The lowest BCUT2D eigenvalue weighted by Crippen LogP contribution is -2.18. The summed E-state index contributed by atoms with van der Waals surface area (Å²) in [5.41, 5.74) is 0. The van der Waals surface area contributed by atoms with E-state index in [0.717, 1.165) is 37.8 Å². The van der Waals surface area contributed by atoms with Crippen LogP contribution >= 0.6 is 11.6 Å². The van der Waals surface area contributed by atoms with E-state index in [4.69, 9.17) is 16.3 Å². The molecule has 0 aromatic heterocycles. The van der Waals surface area contributed by atoms with E-state index in [-0.39, 0.29) is 11.9 Å². The summed E-state index contributed by atoms with van der Waals surface area (Å²) in [5, 5.41) is 3.76. The third-order valence-electron chi connectivity index (χ3n) is 3.80. The highest BCUT2D eigenvalue weighted by Crippen LogP contribution is 2.37. The summed E-state index contributed by atoms with van der Waals surface area (Å²) < 4.78 is 18.8. The van der Waals surface area contributed by atoms with E-state index in [2.05, 4.69) is 5.32 Å². The molecule has 3 rings (SSSR count). The Hall–Kier alpha value is -0.800. The largest absolute Gasteiger partial charge is 0.489 e. The topological polar surface area (TPSA) is 21.3 Å². The fourth-order valence-electron chi connectivity index (χ4n) is 2.96. The maximum Gasteiger partial charge on any atom is 0.138 e. The van der Waals surface area contributed by atoms with Crippen molar-refractivity contribution in [2.24, 2.45) is 11.8 Å². The van der Waals surface area contributed by atoms with Crippen molar-refractivity contribution in [3.63, 3.8) is 0 Å². The van der Waals surface area contributed by atoms with Crippen LogP contribution < -0.4 is 10.1 Å². The molecule has 0 amide bonds. The van der Waals surface area contributed by atoms with Gasteiger partial charge in [0.05, 0.1) is 11.1 Å². The van der Waals surface area contributed by atoms with Gasteiger partial charge < -0.3 is 10.1 Å². The van der Waals surface area contributed by atoms with Gasteiger partial charge in [-0.25, -0.2) is 4.39 Å². The first kappa shape index (κ1) is 11.3. The molecule has 0 radical (unpaired) electrons. The Morgan fingerprint density at radius 2 is 1.94 bits per heavy atom. The molecule has 1 aromatic rings. The molecule has 1 saturated heterocycles. The molecule has 2 fully saturated rings. The van der Waals surface area contributed by atoms with Crippen LogP contribution in [0.3, 0.4) is 0 Å². The van der Waals surface area contributed by atoms with E-state index in [9.17, 15) is 4.39 Å². The van der Waals surface area contributed by atoms with Crippen molar-refractivity contribution in [3.05, 3.63) is 29.0 Å². The lowest BCUT2D eigenvalue weighted by atomic mass is 10.0. The van der Waals surface area contributed by atoms with Crippen LogP contribution in [-0.4, -0.2) is 19.2 Å². The minimum Gasteiger partial charge on any atom is -0.489 e. The lowest BCUT2D eigenvalue weighted by molar-refractivity contribution is 0.199. The molecule has 1 N–H and O–H groups in total. The monoisotopic (exact) mass is 255 g/mol. The molecule has 2 nitrogen and oxygen atoms in total. The summed E-state index contributed by atoms with van der Waals surface area (Å²) >= 11 is 5.95. The first-order chi connectivity index (χ1) is 8.22. The summed E-state index contributed by atoms with van der Waals surface area (Å²) in [6.07, 6.45) is 2.38. The molecule has 1 aromatic carbocycles. The lowest BCUT2D eigenvalue weighted by Gasteiger charge is -2.15. The van der Waals surface area contributed by atoms with Gasteiger partial charge in [0, 0.05) is 0 Å². The maximum atomic E-state index is 12.9. The van der Waals surface area contributed by atoms with Gasteiger partial charge in [-0.05, 0) is 56.0 Å². The molecule has 0 bridgehead atoms. The van der Waals surface area contributed by atoms with Crippen molar-refractivity contribution in [1.29, 1.82) is 0 Å². The number of halogens is 2. The van der Waals surface area contributed by atoms with Crippen molar-refractivity contribution in [2.45, 2.75) is 18.9 Å². The van der Waals surface area contributed by atoms with Crippen LogP contribution in [0, 0.1) is 17.7 Å². The third-order valence-corrected chi connectivity index (χ3v) is 4.09. The third kappa shape index (κ3) is 2.26. The number of hydrogen-bond acceptors (Lipinski definition) is 2. The number of benzene rings is 1. The van der Waals surface area contributed by atoms with Crippen molar-refractivity contribution in [2.75, 3.05) is 13.1 Å². The van der Waals surface area contributed by atoms with Gasteiger partial charge in [0.25, 0.3) is 0 Å². The molecular formula is C13H15ClFNO. The van der Waals surface area contributed by atoms with E-state index < -0.39 is 0 Å². The van der Waals surface area contributed by atoms with Crippen molar-refractivity contribution in [1.82, 2.24) is 5.32 Å². The van der Waals surface area contributed by atoms with Crippen LogP contribution in [0.1, 0.15) is 12.8 Å². The zero-order valence-electron chi connectivity index (χ0n) is 9.46. The maximum absolute atomic E-state index is 12.9. The van der Waals surface area contributed by atoms with Gasteiger partial charge in [-0.2, -0.15) is 0 Å². The number of nitrogens with one attached hydrogen (secondary N) is 1. The molecule has 2 unspecified atom stereocenters. The molecule has 1 aliphatic carbocycles. The SMILES string of the molecule is Fc1ccc(OC2CC3CNCC3C2)c(Cl)c1. The predicted octanol–water partition coefficient (Wildman–Crippen LogP) is 2.86. The molecule has 92 valence electrons. The van der Waals surface area contributed by atoms with Gasteiger partial charge >= 0.3 is 0 Å². The van der Waals surface area contributed by atoms with Gasteiger partial charge in [0.1, 0.15) is 11.6 Å². The first-order valence-electron chi connectivity index (χ1n) is 6.05. The van der Waals surface area contributed by atoms with E-state index in [0.29, 0.717) is 10.8 Å². The minimum atomic E-state index is -0.324. The molecule has 17 heavy (non-hydrogen) atoms. The van der Waals surface area contributed by atoms with Gasteiger partial charge in [0.15, 0.2) is 0 Å². The Balaban J connectivity index is 1.67. The fraction of sp³-hybridized carbons (Fsp3) is 0.538. The Labute approximate surface area is 105 Å². The first-order valence-corrected chi connectivity index (χ1v) is 6.42. The average molecular weight is 256 g/mol. The van der Waals surface area contributed by atoms with Crippen molar-refractivity contribution < 1.29 is 9.13 Å². The highest BCUT2D eigenvalue weighted by atomic mass is 35.5. The Morgan fingerprint density at radius 1 is 1.24 bits per heavy atom. The molecular weight excluding hydrogens is 241 g/mol. The molecule has 2 aliphatic rings. The second-order valence-corrected chi connectivity index (χ2v) is 5.37. The van der Waals surface area contributed by atoms with E-state index >= 15 is 0 Å². The van der Waals surface area contributed by atoms with Crippen LogP contribution in [0.15, 0.2) is 18.2 Å². The second-order valence-electron chi connectivity index (χ2n) is 4.96. The predicted molar refractivity (Wildman–Crippen MR) is 64.9 cm³/mol. The van der Waals surface area contributed by atoms with Crippen LogP contribution in [0.2, 0.25) is 5.02 Å². The standard InChI is InChI=1S/C13H15ClFNO/c14-12-5-10(15)1-2-13(12)17-11-3-8-6-16-7-9(8)4-11/h1-2,5,8-9,11,16H,3-4,6-7H2. The fourth-order valence-corrected chi connectivity index (χ4v) is 3.17. The summed E-state index contributed by atoms with van der Waals surface area (Å²) in [4.78, 5) is 0. The van der Waals surface area contributed by atoms with Crippen LogP contribution in [0.4, 0.5) is 4.39 Å². The van der Waals surface area contributed by atoms with E-state index in [1.54, 1.807) is 6.07 Å². The van der Waals surface area contributed by atoms with Crippen molar-refractivity contribution in [3.8, 4) is 5.75 Å². The van der Waals surface area contributed by atoms with Crippen LogP contribution in [0.25, 0.3) is 0 Å². The number of ether oxygens (including phenoxy) is 1. The molecule has 1 heterocycles.